The zero-order valence-corrected chi connectivity index (χ0v) is 9.74. The summed E-state index contributed by atoms with van der Waals surface area (Å²) in [6, 6.07) is -0.190. The summed E-state index contributed by atoms with van der Waals surface area (Å²) < 4.78 is 0. The van der Waals surface area contributed by atoms with Gasteiger partial charge in [0.25, 0.3) is 5.91 Å². The first-order valence-electron chi connectivity index (χ1n) is 5.29. The quantitative estimate of drug-likeness (QED) is 0.562. The Kier molecular flexibility index (Phi) is 4.81. The average molecular weight is 268 g/mol. The Balaban J connectivity index is 2.71. The van der Waals surface area contributed by atoms with Gasteiger partial charge in [-0.2, -0.15) is 0 Å². The van der Waals surface area contributed by atoms with Crippen LogP contribution in [0.2, 0.25) is 0 Å². The molecule has 0 spiro atoms. The van der Waals surface area contributed by atoms with Gasteiger partial charge in [0.2, 0.25) is 0 Å². The van der Waals surface area contributed by atoms with Crippen LogP contribution in [0, 0.1) is 0 Å². The van der Waals surface area contributed by atoms with Crippen LogP contribution in [0.15, 0.2) is 18.5 Å². The number of carboxylic acid groups (broad SMARTS) is 2. The van der Waals surface area contributed by atoms with E-state index in [0.29, 0.717) is 0 Å². The van der Waals surface area contributed by atoms with E-state index < -0.39 is 23.9 Å². The minimum absolute atomic E-state index is 0.0124. The van der Waals surface area contributed by atoms with Gasteiger partial charge in [-0.05, 0) is 12.5 Å². The van der Waals surface area contributed by atoms with Crippen molar-refractivity contribution in [3.63, 3.8) is 0 Å². The molecular formula is C11H12N2O6. The third-order valence-corrected chi connectivity index (χ3v) is 2.24. The number of carbonyl (C=O) groups excluding carboxylic acids is 1. The molecule has 0 unspecified atom stereocenters. The normalized spacial score (nSPS) is 11.6. The van der Waals surface area contributed by atoms with Crippen LogP contribution in [-0.2, 0) is 9.59 Å². The van der Waals surface area contributed by atoms with Gasteiger partial charge in [0.15, 0.2) is 0 Å². The molecule has 0 saturated carbocycles. The summed E-state index contributed by atoms with van der Waals surface area (Å²) in [4.78, 5) is 36.5. The molecule has 1 rings (SSSR count). The van der Waals surface area contributed by atoms with Crippen LogP contribution in [0.25, 0.3) is 0 Å². The van der Waals surface area contributed by atoms with Gasteiger partial charge in [-0.15, -0.1) is 0 Å². The largest absolute Gasteiger partial charge is 0.506 e. The highest BCUT2D eigenvalue weighted by Gasteiger charge is 2.21. The summed E-state index contributed by atoms with van der Waals surface area (Å²) in [5, 5.41) is 28.7. The van der Waals surface area contributed by atoms with Crippen molar-refractivity contribution in [1.82, 2.24) is 10.3 Å². The van der Waals surface area contributed by atoms with Gasteiger partial charge >= 0.3 is 11.9 Å². The van der Waals surface area contributed by atoms with E-state index in [1.807, 2.05) is 0 Å². The van der Waals surface area contributed by atoms with Crippen molar-refractivity contribution in [2.45, 2.75) is 18.9 Å². The summed E-state index contributed by atoms with van der Waals surface area (Å²) in [6.07, 6.45) is 1.67. The summed E-state index contributed by atoms with van der Waals surface area (Å²) in [7, 11) is 0. The SMILES string of the molecule is O=C(O)CC[C@@H](NC(=O)c1cncc(O)c1)C(=O)O. The summed E-state index contributed by atoms with van der Waals surface area (Å²) in [6.45, 7) is 0. The van der Waals surface area contributed by atoms with Crippen molar-refractivity contribution < 1.29 is 29.7 Å². The highest BCUT2D eigenvalue weighted by atomic mass is 16.4. The first kappa shape index (κ1) is 14.4. The molecule has 4 N–H and O–H groups in total. The number of nitrogens with one attached hydrogen (secondary N) is 1. The van der Waals surface area contributed by atoms with Crippen LogP contribution in [-0.4, -0.2) is 44.2 Å². The molecule has 0 radical (unpaired) electrons. The van der Waals surface area contributed by atoms with E-state index in [-0.39, 0.29) is 24.2 Å². The number of pyridine rings is 1. The highest BCUT2D eigenvalue weighted by Crippen LogP contribution is 2.09. The van der Waals surface area contributed by atoms with Gasteiger partial charge in [0.1, 0.15) is 11.8 Å². The lowest BCUT2D eigenvalue weighted by Crippen LogP contribution is -2.41. The molecule has 0 aliphatic rings. The minimum Gasteiger partial charge on any atom is -0.506 e. The fourth-order valence-corrected chi connectivity index (χ4v) is 1.32. The number of aliphatic carboxylic acids is 2. The monoisotopic (exact) mass is 268 g/mol. The predicted molar refractivity (Wildman–Crippen MR) is 61.7 cm³/mol. The average Bonchev–Trinajstić information content (AvgIpc) is 2.33. The van der Waals surface area contributed by atoms with Crippen molar-refractivity contribution in [3.05, 3.63) is 24.0 Å². The van der Waals surface area contributed by atoms with E-state index in [1.165, 1.54) is 0 Å². The molecule has 1 aromatic heterocycles. The van der Waals surface area contributed by atoms with Crippen molar-refractivity contribution in [2.75, 3.05) is 0 Å². The lowest BCUT2D eigenvalue weighted by Gasteiger charge is -2.13. The summed E-state index contributed by atoms with van der Waals surface area (Å²) in [5.41, 5.74) is -0.0124. The Hall–Kier alpha value is -2.64. The van der Waals surface area contributed by atoms with E-state index in [2.05, 4.69) is 10.3 Å². The van der Waals surface area contributed by atoms with Gasteiger partial charge in [-0.1, -0.05) is 0 Å². The van der Waals surface area contributed by atoms with Gasteiger partial charge < -0.3 is 20.6 Å². The smallest absolute Gasteiger partial charge is 0.326 e. The summed E-state index contributed by atoms with van der Waals surface area (Å²) >= 11 is 0. The van der Waals surface area contributed by atoms with E-state index in [4.69, 9.17) is 15.3 Å². The molecule has 0 bridgehead atoms. The van der Waals surface area contributed by atoms with Crippen molar-refractivity contribution in [2.24, 2.45) is 0 Å². The number of hydrogen-bond acceptors (Lipinski definition) is 5. The molecule has 0 fully saturated rings. The molecule has 0 aromatic carbocycles. The highest BCUT2D eigenvalue weighted by molar-refractivity contribution is 5.96. The Morgan fingerprint density at radius 3 is 2.47 bits per heavy atom. The fourth-order valence-electron chi connectivity index (χ4n) is 1.32. The van der Waals surface area contributed by atoms with Crippen LogP contribution >= 0.6 is 0 Å². The predicted octanol–water partition coefficient (Wildman–Crippen LogP) is -0.165. The second kappa shape index (κ2) is 6.34. The van der Waals surface area contributed by atoms with Gasteiger partial charge in [0.05, 0.1) is 11.8 Å². The van der Waals surface area contributed by atoms with Crippen molar-refractivity contribution in [3.8, 4) is 5.75 Å². The zero-order valence-electron chi connectivity index (χ0n) is 9.74. The molecule has 0 saturated heterocycles. The third-order valence-electron chi connectivity index (χ3n) is 2.24. The van der Waals surface area contributed by atoms with Gasteiger partial charge in [-0.25, -0.2) is 4.79 Å². The second-order valence-corrected chi connectivity index (χ2v) is 3.73. The molecule has 8 heteroatoms. The van der Waals surface area contributed by atoms with Crippen molar-refractivity contribution in [1.29, 1.82) is 0 Å². The van der Waals surface area contributed by atoms with E-state index in [1.54, 1.807) is 0 Å². The number of nitrogens with zero attached hydrogens (tertiary/aromatic N) is 1. The van der Waals surface area contributed by atoms with Gasteiger partial charge in [-0.3, -0.25) is 14.6 Å². The number of rotatable bonds is 6. The van der Waals surface area contributed by atoms with Crippen LogP contribution in [0.1, 0.15) is 23.2 Å². The Bertz CT molecular complexity index is 502. The molecule has 1 atom stereocenters. The number of aromatic nitrogens is 1. The number of amides is 1. The maximum atomic E-state index is 11.7. The third kappa shape index (κ3) is 4.62. The van der Waals surface area contributed by atoms with E-state index >= 15 is 0 Å². The van der Waals surface area contributed by atoms with Crippen LogP contribution in [0.3, 0.4) is 0 Å². The van der Waals surface area contributed by atoms with E-state index in [0.717, 1.165) is 18.5 Å². The lowest BCUT2D eigenvalue weighted by molar-refractivity contribution is -0.140. The molecule has 0 aliphatic carbocycles. The lowest BCUT2D eigenvalue weighted by atomic mass is 10.1. The number of carboxylic acids is 2. The second-order valence-electron chi connectivity index (χ2n) is 3.73. The minimum atomic E-state index is -1.33. The van der Waals surface area contributed by atoms with Crippen LogP contribution in [0.4, 0.5) is 0 Å². The Morgan fingerprint density at radius 1 is 1.26 bits per heavy atom. The molecule has 0 aliphatic heterocycles. The van der Waals surface area contributed by atoms with Crippen molar-refractivity contribution >= 4 is 17.8 Å². The molecular weight excluding hydrogens is 256 g/mol. The number of hydrogen-bond donors (Lipinski definition) is 4. The molecule has 19 heavy (non-hydrogen) atoms. The molecule has 8 nitrogen and oxygen atoms in total. The maximum Gasteiger partial charge on any atom is 0.326 e. The zero-order chi connectivity index (χ0) is 14.4. The van der Waals surface area contributed by atoms with Gasteiger partial charge in [0, 0.05) is 12.6 Å². The molecule has 1 amide bonds. The van der Waals surface area contributed by atoms with Crippen LogP contribution < -0.4 is 5.32 Å². The molecule has 102 valence electrons. The molecule has 1 aromatic rings. The number of carbonyl (C=O) groups is 3. The topological polar surface area (TPSA) is 137 Å². The van der Waals surface area contributed by atoms with Crippen LogP contribution in [0.5, 0.6) is 5.75 Å². The standard InChI is InChI=1S/C11H12N2O6/c14-7-3-6(4-12-5-7)10(17)13-8(11(18)19)1-2-9(15)16/h3-5,8,14H,1-2H2,(H,13,17)(H,15,16)(H,18,19)/t8-/m1/s1. The molecule has 1 heterocycles. The first-order valence-corrected chi connectivity index (χ1v) is 5.29. The maximum absolute atomic E-state index is 11.7. The summed E-state index contributed by atoms with van der Waals surface area (Å²) in [5.74, 6) is -3.46. The Morgan fingerprint density at radius 2 is 1.95 bits per heavy atom. The Labute approximate surface area is 107 Å². The fraction of sp³-hybridized carbons (Fsp3) is 0.273. The first-order chi connectivity index (χ1) is 8.90. The number of aromatic hydroxyl groups is 1. The van der Waals surface area contributed by atoms with E-state index in [9.17, 15) is 14.4 Å².